The number of amides is 1. The van der Waals surface area contributed by atoms with Crippen molar-refractivity contribution in [1.82, 2.24) is 9.78 Å². The van der Waals surface area contributed by atoms with Gasteiger partial charge in [0.05, 0.1) is 11.1 Å². The Labute approximate surface area is 112 Å². The van der Waals surface area contributed by atoms with Gasteiger partial charge in [-0.15, -0.1) is 0 Å². The summed E-state index contributed by atoms with van der Waals surface area (Å²) in [6.07, 6.45) is 1.43. The fourth-order valence-corrected chi connectivity index (χ4v) is 1.65. The lowest BCUT2D eigenvalue weighted by Crippen LogP contribution is -2.18. The van der Waals surface area contributed by atoms with Crippen LogP contribution in [0.5, 0.6) is 0 Å². The van der Waals surface area contributed by atoms with E-state index in [-0.39, 0.29) is 0 Å². The zero-order chi connectivity index (χ0) is 14.9. The summed E-state index contributed by atoms with van der Waals surface area (Å²) < 4.78 is 15.0. The van der Waals surface area contributed by atoms with E-state index in [9.17, 15) is 19.3 Å². The highest BCUT2D eigenvalue weighted by atomic mass is 19.1. The Kier molecular flexibility index (Phi) is 3.34. The molecule has 8 nitrogen and oxygen atoms in total. The molecule has 0 aliphatic rings. The molecule has 20 heavy (non-hydrogen) atoms. The predicted octanol–water partition coefficient (Wildman–Crippen LogP) is 1.30. The first-order valence-electron chi connectivity index (χ1n) is 5.43. The van der Waals surface area contributed by atoms with Crippen LogP contribution in [0.25, 0.3) is 0 Å². The molecule has 1 heterocycles. The van der Waals surface area contributed by atoms with Crippen LogP contribution in [-0.4, -0.2) is 20.6 Å². The number of nitro benzene ring substituents is 1. The number of nitrogen functional groups attached to an aromatic ring is 1. The highest BCUT2D eigenvalue weighted by Crippen LogP contribution is 2.27. The quantitative estimate of drug-likeness (QED) is 0.499. The Morgan fingerprint density at radius 1 is 1.50 bits per heavy atom. The number of anilines is 2. The summed E-state index contributed by atoms with van der Waals surface area (Å²) in [5, 5.41) is 16.9. The van der Waals surface area contributed by atoms with E-state index in [0.29, 0.717) is 5.82 Å². The van der Waals surface area contributed by atoms with Gasteiger partial charge in [-0.25, -0.2) is 4.39 Å². The number of hydrogen-bond donors (Lipinski definition) is 2. The summed E-state index contributed by atoms with van der Waals surface area (Å²) in [6.45, 7) is 0. The summed E-state index contributed by atoms with van der Waals surface area (Å²) in [7, 11) is 1.57. The number of aryl methyl sites for hydroxylation is 1. The van der Waals surface area contributed by atoms with Gasteiger partial charge in [-0.05, 0) is 6.07 Å². The number of nitrogens with two attached hydrogens (primary N) is 1. The average molecular weight is 279 g/mol. The van der Waals surface area contributed by atoms with Gasteiger partial charge in [-0.2, -0.15) is 5.10 Å². The molecule has 0 atom stereocenters. The molecule has 9 heteroatoms. The molecular formula is C11H10FN5O3. The summed E-state index contributed by atoms with van der Waals surface area (Å²) in [5.74, 6) is -1.51. The van der Waals surface area contributed by atoms with Crippen molar-refractivity contribution in [2.45, 2.75) is 0 Å². The van der Waals surface area contributed by atoms with E-state index in [0.717, 1.165) is 12.1 Å². The van der Waals surface area contributed by atoms with Gasteiger partial charge in [-0.1, -0.05) is 0 Å². The molecule has 2 rings (SSSR count). The second-order valence-electron chi connectivity index (χ2n) is 3.91. The average Bonchev–Trinajstić information content (AvgIpc) is 2.74. The van der Waals surface area contributed by atoms with Crippen LogP contribution in [-0.2, 0) is 7.05 Å². The maximum absolute atomic E-state index is 13.7. The number of nitrogens with one attached hydrogen (secondary N) is 1. The lowest BCUT2D eigenvalue weighted by atomic mass is 10.1. The monoisotopic (exact) mass is 279 g/mol. The molecule has 0 aliphatic carbocycles. The summed E-state index contributed by atoms with van der Waals surface area (Å²) >= 11 is 0. The third-order valence-electron chi connectivity index (χ3n) is 2.66. The van der Waals surface area contributed by atoms with E-state index in [1.807, 2.05) is 0 Å². The van der Waals surface area contributed by atoms with Gasteiger partial charge in [0.15, 0.2) is 0 Å². The first-order chi connectivity index (χ1) is 9.41. The van der Waals surface area contributed by atoms with Crippen molar-refractivity contribution in [3.63, 3.8) is 0 Å². The molecule has 3 N–H and O–H groups in total. The fraction of sp³-hybridized carbons (Fsp3) is 0.0909. The van der Waals surface area contributed by atoms with Gasteiger partial charge < -0.3 is 11.1 Å². The lowest BCUT2D eigenvalue weighted by molar-refractivity contribution is -0.384. The second kappa shape index (κ2) is 4.96. The van der Waals surface area contributed by atoms with Crippen LogP contribution in [0.15, 0.2) is 24.4 Å². The highest BCUT2D eigenvalue weighted by Gasteiger charge is 2.24. The highest BCUT2D eigenvalue weighted by molar-refractivity contribution is 6.08. The number of rotatable bonds is 3. The minimum atomic E-state index is -0.937. The van der Waals surface area contributed by atoms with Gasteiger partial charge in [0, 0.05) is 19.2 Å². The van der Waals surface area contributed by atoms with Crippen molar-refractivity contribution in [2.24, 2.45) is 7.05 Å². The lowest BCUT2D eigenvalue weighted by Gasteiger charge is -2.08. The van der Waals surface area contributed by atoms with Gasteiger partial charge >= 0.3 is 0 Å². The number of hydrogen-bond acceptors (Lipinski definition) is 5. The molecule has 1 amide bonds. The van der Waals surface area contributed by atoms with Gasteiger partial charge in [0.1, 0.15) is 22.9 Å². The van der Waals surface area contributed by atoms with E-state index in [1.54, 1.807) is 7.05 Å². The molecule has 1 aromatic heterocycles. The molecule has 0 fully saturated rings. The first kappa shape index (κ1) is 13.5. The van der Waals surface area contributed by atoms with Crippen molar-refractivity contribution in [2.75, 3.05) is 11.1 Å². The third-order valence-corrected chi connectivity index (χ3v) is 2.66. The normalized spacial score (nSPS) is 10.3. The third kappa shape index (κ3) is 2.28. The van der Waals surface area contributed by atoms with Crippen molar-refractivity contribution in [1.29, 1.82) is 0 Å². The molecular weight excluding hydrogens is 269 g/mol. The van der Waals surface area contributed by atoms with E-state index in [4.69, 9.17) is 5.73 Å². The Morgan fingerprint density at radius 3 is 2.75 bits per heavy atom. The maximum atomic E-state index is 13.7. The summed E-state index contributed by atoms with van der Waals surface area (Å²) in [4.78, 5) is 21.9. The van der Waals surface area contributed by atoms with Gasteiger partial charge in [0.25, 0.3) is 11.6 Å². The molecule has 0 aliphatic heterocycles. The molecule has 0 saturated heterocycles. The molecule has 0 spiro atoms. The van der Waals surface area contributed by atoms with Crippen LogP contribution in [0, 0.1) is 15.9 Å². The molecule has 0 radical (unpaired) electrons. The largest absolute Gasteiger partial charge is 0.392 e. The number of nitro groups is 1. The number of carbonyl (C=O) groups excluding carboxylic acids is 1. The maximum Gasteiger partial charge on any atom is 0.293 e. The molecule has 0 bridgehead atoms. The standard InChI is InChI=1S/C11H10FN5O3/c1-16-8(4-5-14-16)15-11(18)9-6(12)2-3-7(10(9)13)17(19)20/h2-5H,13H2,1H3,(H,15,18). The van der Waals surface area contributed by atoms with Crippen LogP contribution in [0.3, 0.4) is 0 Å². The minimum absolute atomic E-state index is 0.306. The number of benzene rings is 1. The molecule has 104 valence electrons. The predicted molar refractivity (Wildman–Crippen MR) is 68.6 cm³/mol. The smallest absolute Gasteiger partial charge is 0.293 e. The minimum Gasteiger partial charge on any atom is -0.392 e. The zero-order valence-electron chi connectivity index (χ0n) is 10.3. The van der Waals surface area contributed by atoms with Crippen molar-refractivity contribution in [3.8, 4) is 0 Å². The van der Waals surface area contributed by atoms with E-state index < -0.39 is 33.6 Å². The number of carbonyl (C=O) groups is 1. The Hall–Kier alpha value is -2.97. The molecule has 1 aromatic carbocycles. The van der Waals surface area contributed by atoms with E-state index in [2.05, 4.69) is 10.4 Å². The first-order valence-corrected chi connectivity index (χ1v) is 5.43. The Morgan fingerprint density at radius 2 is 2.20 bits per heavy atom. The Bertz CT molecular complexity index is 697. The van der Waals surface area contributed by atoms with Crippen LogP contribution in [0.2, 0.25) is 0 Å². The molecule has 0 unspecified atom stereocenters. The fourth-order valence-electron chi connectivity index (χ4n) is 1.65. The van der Waals surface area contributed by atoms with Crippen LogP contribution < -0.4 is 11.1 Å². The summed E-state index contributed by atoms with van der Waals surface area (Å²) in [5.41, 5.74) is 3.87. The molecule has 0 saturated carbocycles. The number of nitrogens with zero attached hydrogens (tertiary/aromatic N) is 3. The molecule has 2 aromatic rings. The van der Waals surface area contributed by atoms with Gasteiger partial charge in [-0.3, -0.25) is 19.6 Å². The number of aromatic nitrogens is 2. The van der Waals surface area contributed by atoms with Gasteiger partial charge in [0.2, 0.25) is 0 Å². The van der Waals surface area contributed by atoms with Crippen LogP contribution in [0.4, 0.5) is 21.6 Å². The van der Waals surface area contributed by atoms with E-state index >= 15 is 0 Å². The van der Waals surface area contributed by atoms with Crippen molar-refractivity contribution < 1.29 is 14.1 Å². The van der Waals surface area contributed by atoms with Crippen molar-refractivity contribution in [3.05, 3.63) is 45.9 Å². The topological polar surface area (TPSA) is 116 Å². The van der Waals surface area contributed by atoms with Crippen LogP contribution in [0.1, 0.15) is 10.4 Å². The second-order valence-corrected chi connectivity index (χ2v) is 3.91. The number of halogens is 1. The van der Waals surface area contributed by atoms with E-state index in [1.165, 1.54) is 16.9 Å². The summed E-state index contributed by atoms with van der Waals surface area (Å²) in [6, 6.07) is 3.22. The SMILES string of the molecule is Cn1nccc1NC(=O)c1c(F)ccc([N+](=O)[O-])c1N. The van der Waals surface area contributed by atoms with Crippen LogP contribution >= 0.6 is 0 Å². The Balaban J connectivity index is 2.42. The van der Waals surface area contributed by atoms with Crippen molar-refractivity contribution >= 4 is 23.1 Å². The zero-order valence-corrected chi connectivity index (χ0v) is 10.3.